The first-order valence-corrected chi connectivity index (χ1v) is 9.76. The van der Waals surface area contributed by atoms with Crippen LogP contribution in [0.2, 0.25) is 10.0 Å². The van der Waals surface area contributed by atoms with Gasteiger partial charge in [0.05, 0.1) is 0 Å². The number of aryl methyl sites for hydroxylation is 1. The molecule has 3 amide bonds. The van der Waals surface area contributed by atoms with E-state index in [1.807, 2.05) is 6.92 Å². The van der Waals surface area contributed by atoms with E-state index in [4.69, 9.17) is 40.2 Å². The zero-order valence-corrected chi connectivity index (χ0v) is 17.9. The number of ether oxygens (including phenoxy) is 1. The van der Waals surface area contributed by atoms with E-state index in [1.165, 1.54) is 18.2 Å². The van der Waals surface area contributed by atoms with Crippen LogP contribution in [0.1, 0.15) is 11.1 Å². The molecule has 0 aromatic heterocycles. The number of benzene rings is 2. The SMILES string of the molecule is Cc1ccc(NC(=O)COc2ccc(Cl)cc2C=C2C(=O)NC(=S)NC2=O)cc1Cl. The number of hydrogen-bond acceptors (Lipinski definition) is 5. The van der Waals surface area contributed by atoms with E-state index in [0.717, 1.165) is 5.56 Å². The topological polar surface area (TPSA) is 96.5 Å². The van der Waals surface area contributed by atoms with Gasteiger partial charge >= 0.3 is 0 Å². The van der Waals surface area contributed by atoms with Crippen molar-refractivity contribution in [1.82, 2.24) is 10.6 Å². The van der Waals surface area contributed by atoms with Gasteiger partial charge < -0.3 is 10.1 Å². The summed E-state index contributed by atoms with van der Waals surface area (Å²) in [6.45, 7) is 1.54. The van der Waals surface area contributed by atoms with Crippen LogP contribution in [0.25, 0.3) is 6.08 Å². The van der Waals surface area contributed by atoms with Crippen molar-refractivity contribution in [3.63, 3.8) is 0 Å². The molecule has 1 aliphatic rings. The third-order valence-corrected chi connectivity index (χ3v) is 4.88. The zero-order chi connectivity index (χ0) is 21.8. The molecular weight excluding hydrogens is 449 g/mol. The van der Waals surface area contributed by atoms with Crippen molar-refractivity contribution in [2.24, 2.45) is 0 Å². The first kappa shape index (κ1) is 21.8. The van der Waals surface area contributed by atoms with Gasteiger partial charge in [0.1, 0.15) is 11.3 Å². The fraction of sp³-hybridized carbons (Fsp3) is 0.100. The minimum Gasteiger partial charge on any atom is -0.483 e. The van der Waals surface area contributed by atoms with Gasteiger partial charge in [-0.05, 0) is 61.1 Å². The van der Waals surface area contributed by atoms with Crippen molar-refractivity contribution in [2.75, 3.05) is 11.9 Å². The number of hydrogen-bond donors (Lipinski definition) is 3. The van der Waals surface area contributed by atoms with Crippen LogP contribution < -0.4 is 20.7 Å². The number of amides is 3. The lowest BCUT2D eigenvalue weighted by Crippen LogP contribution is -2.51. The van der Waals surface area contributed by atoms with Crippen molar-refractivity contribution in [1.29, 1.82) is 0 Å². The molecule has 0 aliphatic carbocycles. The maximum Gasteiger partial charge on any atom is 0.263 e. The Kier molecular flexibility index (Phi) is 6.71. The lowest BCUT2D eigenvalue weighted by molar-refractivity contribution is -0.123. The Hall–Kier alpha value is -2.94. The van der Waals surface area contributed by atoms with E-state index in [9.17, 15) is 14.4 Å². The second-order valence-electron chi connectivity index (χ2n) is 6.28. The molecule has 1 aliphatic heterocycles. The smallest absolute Gasteiger partial charge is 0.263 e. The lowest BCUT2D eigenvalue weighted by atomic mass is 10.1. The fourth-order valence-corrected chi connectivity index (χ4v) is 3.08. The molecule has 0 radical (unpaired) electrons. The highest BCUT2D eigenvalue weighted by Gasteiger charge is 2.26. The Bertz CT molecular complexity index is 1080. The van der Waals surface area contributed by atoms with Crippen LogP contribution in [0, 0.1) is 6.92 Å². The molecule has 0 atom stereocenters. The third-order valence-electron chi connectivity index (χ3n) is 4.03. The van der Waals surface area contributed by atoms with Crippen LogP contribution in [0.3, 0.4) is 0 Å². The van der Waals surface area contributed by atoms with Gasteiger partial charge in [-0.15, -0.1) is 0 Å². The Morgan fingerprint density at radius 3 is 2.50 bits per heavy atom. The number of thiocarbonyl (C=S) groups is 1. The van der Waals surface area contributed by atoms with Crippen molar-refractivity contribution >= 4 is 70.0 Å². The zero-order valence-electron chi connectivity index (χ0n) is 15.5. The number of rotatable bonds is 5. The fourth-order valence-electron chi connectivity index (χ4n) is 2.54. The van der Waals surface area contributed by atoms with E-state index in [2.05, 4.69) is 16.0 Å². The summed E-state index contributed by atoms with van der Waals surface area (Å²) in [7, 11) is 0. The minimum atomic E-state index is -0.649. The lowest BCUT2D eigenvalue weighted by Gasteiger charge is -2.17. The van der Waals surface area contributed by atoms with E-state index in [-0.39, 0.29) is 23.0 Å². The minimum absolute atomic E-state index is 0.0717. The van der Waals surface area contributed by atoms with Crippen LogP contribution in [-0.2, 0) is 14.4 Å². The van der Waals surface area contributed by atoms with E-state index in [0.29, 0.717) is 21.3 Å². The maximum atomic E-state index is 12.2. The monoisotopic (exact) mass is 463 g/mol. The summed E-state index contributed by atoms with van der Waals surface area (Å²) in [5, 5.41) is 8.19. The predicted molar refractivity (Wildman–Crippen MR) is 119 cm³/mol. The van der Waals surface area contributed by atoms with Gasteiger partial charge in [-0.1, -0.05) is 29.3 Å². The Morgan fingerprint density at radius 2 is 1.83 bits per heavy atom. The largest absolute Gasteiger partial charge is 0.483 e. The quantitative estimate of drug-likeness (QED) is 0.359. The highest BCUT2D eigenvalue weighted by atomic mass is 35.5. The summed E-state index contributed by atoms with van der Waals surface area (Å²) >= 11 is 16.9. The van der Waals surface area contributed by atoms with E-state index >= 15 is 0 Å². The molecule has 2 aromatic carbocycles. The maximum absolute atomic E-state index is 12.2. The van der Waals surface area contributed by atoms with Crippen LogP contribution in [0.15, 0.2) is 42.0 Å². The summed E-state index contributed by atoms with van der Waals surface area (Å²) in [5.74, 6) is -1.45. The molecule has 7 nitrogen and oxygen atoms in total. The van der Waals surface area contributed by atoms with Gasteiger partial charge in [-0.3, -0.25) is 25.0 Å². The molecule has 10 heteroatoms. The summed E-state index contributed by atoms with van der Waals surface area (Å²) in [5.41, 5.74) is 1.60. The number of nitrogens with one attached hydrogen (secondary N) is 3. The van der Waals surface area contributed by atoms with Gasteiger partial charge in [0.25, 0.3) is 17.7 Å². The summed E-state index contributed by atoms with van der Waals surface area (Å²) in [4.78, 5) is 36.3. The average molecular weight is 464 g/mol. The van der Waals surface area contributed by atoms with Crippen molar-refractivity contribution in [3.05, 3.63) is 63.1 Å². The molecule has 0 saturated carbocycles. The van der Waals surface area contributed by atoms with Crippen LogP contribution in [-0.4, -0.2) is 29.4 Å². The average Bonchev–Trinajstić information content (AvgIpc) is 2.67. The summed E-state index contributed by atoms with van der Waals surface area (Å²) in [6.07, 6.45) is 1.31. The standard InChI is InChI=1S/C20H15Cl2N3O4S/c1-10-2-4-13(8-15(10)22)23-17(26)9-29-16-5-3-12(21)6-11(16)7-14-18(27)24-20(30)25-19(14)28/h2-8H,9H2,1H3,(H,23,26)(H2,24,25,27,28,30). The molecule has 3 N–H and O–H groups in total. The molecule has 0 bridgehead atoms. The second-order valence-corrected chi connectivity index (χ2v) is 7.53. The molecule has 0 unspecified atom stereocenters. The molecular formula is C20H15Cl2N3O4S. The van der Waals surface area contributed by atoms with Gasteiger partial charge in [-0.25, -0.2) is 0 Å². The Balaban J connectivity index is 1.75. The first-order chi connectivity index (χ1) is 14.2. The molecule has 1 fully saturated rings. The highest BCUT2D eigenvalue weighted by molar-refractivity contribution is 7.80. The van der Waals surface area contributed by atoms with Crippen molar-refractivity contribution in [3.8, 4) is 5.75 Å². The third kappa shape index (κ3) is 5.35. The highest BCUT2D eigenvalue weighted by Crippen LogP contribution is 2.26. The van der Waals surface area contributed by atoms with E-state index < -0.39 is 17.7 Å². The molecule has 30 heavy (non-hydrogen) atoms. The number of halogens is 2. The van der Waals surface area contributed by atoms with Gasteiger partial charge in [0, 0.05) is 21.3 Å². The summed E-state index contributed by atoms with van der Waals surface area (Å²) in [6, 6.07) is 9.75. The molecule has 154 valence electrons. The van der Waals surface area contributed by atoms with Crippen molar-refractivity contribution < 1.29 is 19.1 Å². The van der Waals surface area contributed by atoms with E-state index in [1.54, 1.807) is 24.3 Å². The number of carbonyl (C=O) groups is 3. The predicted octanol–water partition coefficient (Wildman–Crippen LogP) is 3.23. The molecule has 3 rings (SSSR count). The van der Waals surface area contributed by atoms with Crippen molar-refractivity contribution in [2.45, 2.75) is 6.92 Å². The van der Waals surface area contributed by atoms with Gasteiger partial charge in [0.15, 0.2) is 11.7 Å². The summed E-state index contributed by atoms with van der Waals surface area (Å²) < 4.78 is 5.58. The van der Waals surface area contributed by atoms with Crippen LogP contribution in [0.5, 0.6) is 5.75 Å². The Morgan fingerprint density at radius 1 is 1.13 bits per heavy atom. The van der Waals surface area contributed by atoms with Gasteiger partial charge in [-0.2, -0.15) is 0 Å². The number of anilines is 1. The van der Waals surface area contributed by atoms with Crippen LogP contribution in [0.4, 0.5) is 5.69 Å². The normalized spacial score (nSPS) is 13.4. The molecule has 0 spiro atoms. The van der Waals surface area contributed by atoms with Gasteiger partial charge in [0.2, 0.25) is 0 Å². The number of carbonyl (C=O) groups excluding carboxylic acids is 3. The molecule has 1 saturated heterocycles. The molecule has 1 heterocycles. The van der Waals surface area contributed by atoms with Crippen LogP contribution >= 0.6 is 35.4 Å². The molecule has 2 aromatic rings. The Labute approximate surface area is 187 Å². The first-order valence-electron chi connectivity index (χ1n) is 8.59. The second kappa shape index (κ2) is 9.25.